The van der Waals surface area contributed by atoms with Gasteiger partial charge in [0.2, 0.25) is 0 Å². The highest BCUT2D eigenvalue weighted by Crippen LogP contribution is 2.43. The summed E-state index contributed by atoms with van der Waals surface area (Å²) in [7, 11) is 0. The molecular weight excluding hydrogens is 909 g/mol. The molecule has 0 radical (unpaired) electrons. The summed E-state index contributed by atoms with van der Waals surface area (Å²) in [5, 5.41) is 11.9. The smallest absolute Gasteiger partial charge is 0.159 e. The molecule has 0 bridgehead atoms. The number of aliphatic hydroxyl groups is 1. The van der Waals surface area contributed by atoms with Crippen LogP contribution in [-0.2, 0) is 22.0 Å². The van der Waals surface area contributed by atoms with Crippen molar-refractivity contribution >= 4 is 61.0 Å². The van der Waals surface area contributed by atoms with E-state index >= 15 is 0 Å². The monoisotopic (exact) mass is 964 g/mol. The molecule has 0 saturated heterocycles. The van der Waals surface area contributed by atoms with Gasteiger partial charge in [-0.25, -0.2) is 19.9 Å². The van der Waals surface area contributed by atoms with Gasteiger partial charge >= 0.3 is 0 Å². The summed E-state index contributed by atoms with van der Waals surface area (Å²) in [5.74, 6) is 1.81. The van der Waals surface area contributed by atoms with Crippen LogP contribution in [0.5, 0.6) is 0 Å². The second kappa shape index (κ2) is 17.8. The van der Waals surface area contributed by atoms with E-state index in [0.29, 0.717) is 6.42 Å². The number of carbonyl (C=O) groups is 1. The van der Waals surface area contributed by atoms with Crippen LogP contribution < -0.4 is 0 Å². The molecule has 8 nitrogen and oxygen atoms in total. The van der Waals surface area contributed by atoms with Crippen LogP contribution in [0.15, 0.2) is 188 Å². The average Bonchev–Trinajstić information content (AvgIpc) is 4.00. The maximum Gasteiger partial charge on any atom is 0.159 e. The minimum atomic E-state index is -0.255. The lowest BCUT2D eigenvalue weighted by Gasteiger charge is -2.21. The van der Waals surface area contributed by atoms with Gasteiger partial charge in [-0.1, -0.05) is 151 Å². The molecule has 1 N–H and O–H groups in total. The van der Waals surface area contributed by atoms with Crippen molar-refractivity contribution in [3.8, 4) is 55.6 Å². The highest BCUT2D eigenvalue weighted by Gasteiger charge is 2.26. The molecule has 0 aliphatic carbocycles. The first-order valence-electron chi connectivity index (χ1n) is 25.4. The highest BCUT2D eigenvalue weighted by atomic mass is 16.3. The highest BCUT2D eigenvalue weighted by molar-refractivity contribution is 6.02. The number of benzene rings is 8. The van der Waals surface area contributed by atoms with Crippen LogP contribution in [0.3, 0.4) is 0 Å². The Kier molecular flexibility index (Phi) is 11.1. The maximum absolute atomic E-state index is 13.0. The van der Waals surface area contributed by atoms with Gasteiger partial charge in [0.25, 0.3) is 0 Å². The molecule has 0 amide bonds. The maximum atomic E-state index is 13.0. The Balaban J connectivity index is 1.04. The minimum Gasteiger partial charge on any atom is -0.512 e. The first kappa shape index (κ1) is 46.3. The number of para-hydroxylation sites is 4. The van der Waals surface area contributed by atoms with Gasteiger partial charge in [-0.05, 0) is 141 Å². The predicted molar refractivity (Wildman–Crippen MR) is 304 cm³/mol. The zero-order valence-electron chi connectivity index (χ0n) is 42.8. The molecule has 0 aliphatic heterocycles. The standard InChI is InChI=1S/C66H56N6O2/c1-40(73)34-47(74)31-28-41-18-8-9-19-48(41)44-35-45(51-22-12-10-20-49(51)42-29-32-53-57(38-42)69-63(65(2,3)4)71-59-26-16-14-24-55(59)67-61(53)71)37-46(36-44)52-23-13-11-21-50(52)43-30-33-54-58(39-43)70-64(66(5,6)7)72-60-27-17-15-25-56(60)68-62(54)72/h8-27,29-30,32-39,73H,28,31H2,1-7H3. The molecule has 4 heterocycles. The average molecular weight is 965 g/mol. The Morgan fingerprint density at radius 2 is 0.851 bits per heavy atom. The molecule has 74 heavy (non-hydrogen) atoms. The number of fused-ring (bicyclic) bond motifs is 10. The van der Waals surface area contributed by atoms with Crippen molar-refractivity contribution in [1.82, 2.24) is 28.7 Å². The van der Waals surface area contributed by atoms with Gasteiger partial charge in [0.1, 0.15) is 22.9 Å². The molecule has 4 aromatic heterocycles. The first-order chi connectivity index (χ1) is 35.7. The third-order valence-electron chi connectivity index (χ3n) is 14.2. The van der Waals surface area contributed by atoms with E-state index in [0.717, 1.165) is 128 Å². The number of hydrogen-bond acceptors (Lipinski definition) is 6. The summed E-state index contributed by atoms with van der Waals surface area (Å²) in [6.07, 6.45) is 2.11. The molecule has 0 saturated carbocycles. The Morgan fingerprint density at radius 1 is 0.459 bits per heavy atom. The van der Waals surface area contributed by atoms with Gasteiger partial charge in [0.15, 0.2) is 5.78 Å². The summed E-state index contributed by atoms with van der Waals surface area (Å²) in [6.45, 7) is 14.8. The molecule has 0 unspecified atom stereocenters. The fourth-order valence-electron chi connectivity index (χ4n) is 10.8. The Morgan fingerprint density at radius 3 is 1.30 bits per heavy atom. The molecule has 8 heteroatoms. The van der Waals surface area contributed by atoms with Crippen molar-refractivity contribution in [1.29, 1.82) is 0 Å². The lowest BCUT2D eigenvalue weighted by atomic mass is 9.86. The number of ketones is 1. The largest absolute Gasteiger partial charge is 0.512 e. The van der Waals surface area contributed by atoms with Crippen LogP contribution in [0.4, 0.5) is 0 Å². The molecule has 12 aromatic rings. The minimum absolute atomic E-state index is 0.0124. The predicted octanol–water partition coefficient (Wildman–Crippen LogP) is 16.3. The number of nitrogens with zero attached hydrogens (tertiary/aromatic N) is 6. The Hall–Kier alpha value is -8.75. The topological polar surface area (TPSA) is 97.7 Å². The van der Waals surface area contributed by atoms with Crippen molar-refractivity contribution in [2.24, 2.45) is 0 Å². The van der Waals surface area contributed by atoms with Crippen molar-refractivity contribution in [2.75, 3.05) is 0 Å². The molecule has 0 fully saturated rings. The third-order valence-corrected chi connectivity index (χ3v) is 14.2. The summed E-state index contributed by atoms with van der Waals surface area (Å²) in [4.78, 5) is 34.1. The van der Waals surface area contributed by atoms with Crippen LogP contribution in [0.25, 0.3) is 111 Å². The Labute approximate surface area is 430 Å². The first-order valence-corrected chi connectivity index (χ1v) is 25.4. The number of allylic oxidation sites excluding steroid dienone is 2. The molecule has 362 valence electrons. The molecule has 8 aromatic carbocycles. The van der Waals surface area contributed by atoms with Gasteiger partial charge < -0.3 is 5.11 Å². The van der Waals surface area contributed by atoms with Crippen LogP contribution in [0.2, 0.25) is 0 Å². The number of hydrogen-bond donors (Lipinski definition) is 1. The second-order valence-corrected chi connectivity index (χ2v) is 21.7. The number of aliphatic hydroxyl groups excluding tert-OH is 1. The summed E-state index contributed by atoms with van der Waals surface area (Å²) >= 11 is 0. The molecule has 0 spiro atoms. The van der Waals surface area contributed by atoms with Crippen molar-refractivity contribution in [3.05, 3.63) is 205 Å². The van der Waals surface area contributed by atoms with Crippen molar-refractivity contribution in [2.45, 2.75) is 72.1 Å². The van der Waals surface area contributed by atoms with E-state index in [1.54, 1.807) is 0 Å². The van der Waals surface area contributed by atoms with Gasteiger partial charge in [-0.3, -0.25) is 13.6 Å². The summed E-state index contributed by atoms with van der Waals surface area (Å²) in [5.41, 5.74) is 18.7. The van der Waals surface area contributed by atoms with Crippen LogP contribution in [-0.4, -0.2) is 39.6 Å². The normalized spacial score (nSPS) is 12.6. The second-order valence-electron chi connectivity index (χ2n) is 21.7. The van der Waals surface area contributed by atoms with E-state index in [1.165, 1.54) is 13.0 Å². The fraction of sp³-hybridized carbons (Fsp3) is 0.167. The number of aromatic nitrogens is 6. The van der Waals surface area contributed by atoms with E-state index < -0.39 is 0 Å². The molecule has 12 rings (SSSR count). The van der Waals surface area contributed by atoms with Gasteiger partial charge in [0, 0.05) is 34.1 Å². The van der Waals surface area contributed by atoms with Crippen LogP contribution in [0.1, 0.15) is 72.1 Å². The quantitative estimate of drug-likeness (QED) is 0.114. The van der Waals surface area contributed by atoms with E-state index in [2.05, 4.69) is 208 Å². The van der Waals surface area contributed by atoms with E-state index in [9.17, 15) is 9.90 Å². The fourth-order valence-corrected chi connectivity index (χ4v) is 10.8. The van der Waals surface area contributed by atoms with Gasteiger partial charge in [-0.2, -0.15) is 0 Å². The number of rotatable bonds is 9. The van der Waals surface area contributed by atoms with Crippen LogP contribution >= 0.6 is 0 Å². The molecular formula is C66H56N6O2. The lowest BCUT2D eigenvalue weighted by molar-refractivity contribution is -0.114. The summed E-state index contributed by atoms with van der Waals surface area (Å²) < 4.78 is 4.46. The van der Waals surface area contributed by atoms with Crippen molar-refractivity contribution < 1.29 is 9.90 Å². The number of imidazole rings is 2. The SMILES string of the molecule is CC(O)=CC(=O)CCc1ccccc1-c1cc(-c2ccccc2-c2ccc3c(c2)nc(C(C)(C)C)n2c4ccccc4nc32)cc(-c2ccccc2-c2ccc3c(c2)nc(C(C)(C)C)n2c4ccccc4nc32)c1. The van der Waals surface area contributed by atoms with Gasteiger partial charge in [0.05, 0.1) is 38.9 Å². The number of carbonyl (C=O) groups excluding carboxylic acids is 1. The molecule has 0 atom stereocenters. The van der Waals surface area contributed by atoms with E-state index in [1.807, 2.05) is 18.2 Å². The molecule has 0 aliphatic rings. The summed E-state index contributed by atoms with van der Waals surface area (Å²) in [6, 6.07) is 62.3. The lowest BCUT2D eigenvalue weighted by Crippen LogP contribution is -2.19. The third kappa shape index (κ3) is 8.17. The Bertz CT molecular complexity index is 4040. The zero-order chi connectivity index (χ0) is 51.0. The van der Waals surface area contributed by atoms with Gasteiger partial charge in [-0.15, -0.1) is 0 Å². The van der Waals surface area contributed by atoms with E-state index in [4.69, 9.17) is 19.9 Å². The van der Waals surface area contributed by atoms with E-state index in [-0.39, 0.29) is 28.8 Å². The van der Waals surface area contributed by atoms with Crippen LogP contribution in [0, 0.1) is 0 Å². The number of aryl methyl sites for hydroxylation is 1. The zero-order valence-corrected chi connectivity index (χ0v) is 42.8. The van der Waals surface area contributed by atoms with Crippen molar-refractivity contribution in [3.63, 3.8) is 0 Å².